The second-order valence-electron chi connectivity index (χ2n) is 7.90. The molecule has 186 valence electrons. The highest BCUT2D eigenvalue weighted by Crippen LogP contribution is 2.32. The fourth-order valence-electron chi connectivity index (χ4n) is 3.88. The molecule has 1 aliphatic heterocycles. The summed E-state index contributed by atoms with van der Waals surface area (Å²) in [5, 5.41) is 3.69. The first-order valence-corrected chi connectivity index (χ1v) is 13.8. The predicted octanol–water partition coefficient (Wildman–Crippen LogP) is 4.75. The number of nitrogens with one attached hydrogen (secondary N) is 1. The van der Waals surface area contributed by atoms with E-state index in [0.29, 0.717) is 48.4 Å². The zero-order chi connectivity index (χ0) is 25.2. The van der Waals surface area contributed by atoms with E-state index in [9.17, 15) is 21.6 Å². The zero-order valence-electron chi connectivity index (χ0n) is 19.1. The molecular formula is C23H24F3N5O2S2. The lowest BCUT2D eigenvalue weighted by molar-refractivity contribution is -0.137. The summed E-state index contributed by atoms with van der Waals surface area (Å²) in [6.07, 6.45) is 0.0632. The minimum absolute atomic E-state index is 0.0243. The molecule has 2 aromatic heterocycles. The first-order chi connectivity index (χ1) is 16.6. The van der Waals surface area contributed by atoms with Crippen LogP contribution in [-0.2, 0) is 28.9 Å². The minimum Gasteiger partial charge on any atom is -0.355 e. The highest BCUT2D eigenvalue weighted by atomic mass is 32.2. The van der Waals surface area contributed by atoms with Gasteiger partial charge in [-0.05, 0) is 49.1 Å². The van der Waals surface area contributed by atoms with E-state index in [1.807, 2.05) is 11.2 Å². The summed E-state index contributed by atoms with van der Waals surface area (Å²) < 4.78 is 64.0. The lowest BCUT2D eigenvalue weighted by atomic mass is 10.1. The lowest BCUT2D eigenvalue weighted by Crippen LogP contribution is -2.29. The van der Waals surface area contributed by atoms with Crippen LogP contribution in [-0.4, -0.2) is 48.5 Å². The number of benzene rings is 1. The Kier molecular flexibility index (Phi) is 7.22. The van der Waals surface area contributed by atoms with E-state index < -0.39 is 21.6 Å². The van der Waals surface area contributed by atoms with E-state index in [-0.39, 0.29) is 10.6 Å². The number of nitrogens with zero attached hydrogens (tertiary/aromatic N) is 4. The number of alkyl halides is 3. The number of thioether (sulfide) groups is 1. The fourth-order valence-corrected chi connectivity index (χ4v) is 5.32. The summed E-state index contributed by atoms with van der Waals surface area (Å²) >= 11 is 1.37. The largest absolute Gasteiger partial charge is 0.416 e. The number of fused-ring (bicyclic) bond motifs is 1. The van der Waals surface area contributed by atoms with Gasteiger partial charge in [-0.2, -0.15) is 13.2 Å². The smallest absolute Gasteiger partial charge is 0.355 e. The molecule has 0 bridgehead atoms. The van der Waals surface area contributed by atoms with Gasteiger partial charge in [0.15, 0.2) is 15.0 Å². The summed E-state index contributed by atoms with van der Waals surface area (Å²) in [5.74, 6) is 0.921. The Balaban J connectivity index is 1.64. The molecule has 4 rings (SSSR count). The van der Waals surface area contributed by atoms with Crippen LogP contribution in [0.15, 0.2) is 52.6 Å². The van der Waals surface area contributed by atoms with Gasteiger partial charge in [-0.1, -0.05) is 18.7 Å². The molecule has 0 fully saturated rings. The fraction of sp³-hybridized carbons (Fsp3) is 0.348. The summed E-state index contributed by atoms with van der Waals surface area (Å²) in [7, 11) is -3.46. The molecule has 12 heteroatoms. The van der Waals surface area contributed by atoms with Crippen molar-refractivity contribution in [2.24, 2.45) is 0 Å². The maximum Gasteiger partial charge on any atom is 0.416 e. The average Bonchev–Trinajstić information content (AvgIpc) is 3.06. The van der Waals surface area contributed by atoms with Crippen LogP contribution in [0.4, 0.5) is 30.5 Å². The third-order valence-electron chi connectivity index (χ3n) is 5.75. The van der Waals surface area contributed by atoms with Gasteiger partial charge in [-0.3, -0.25) is 0 Å². The molecule has 3 aromatic rings. The second-order valence-corrected chi connectivity index (χ2v) is 10.9. The molecule has 1 aliphatic rings. The molecule has 1 aromatic carbocycles. The molecule has 35 heavy (non-hydrogen) atoms. The number of halogens is 3. The number of hydrogen-bond acceptors (Lipinski definition) is 8. The van der Waals surface area contributed by atoms with E-state index in [1.54, 1.807) is 25.3 Å². The van der Waals surface area contributed by atoms with Crippen molar-refractivity contribution >= 4 is 38.9 Å². The summed E-state index contributed by atoms with van der Waals surface area (Å²) in [4.78, 5) is 15.7. The van der Waals surface area contributed by atoms with Gasteiger partial charge in [-0.25, -0.2) is 23.4 Å². The molecule has 0 spiro atoms. The number of anilines is 3. The Hall–Kier alpha value is -2.86. The maximum atomic E-state index is 12.9. The quantitative estimate of drug-likeness (QED) is 0.366. The molecule has 7 nitrogen and oxygen atoms in total. The monoisotopic (exact) mass is 523 g/mol. The van der Waals surface area contributed by atoms with Crippen LogP contribution in [0.3, 0.4) is 0 Å². The van der Waals surface area contributed by atoms with Crippen molar-refractivity contribution in [2.45, 2.75) is 36.0 Å². The van der Waals surface area contributed by atoms with Gasteiger partial charge < -0.3 is 10.2 Å². The van der Waals surface area contributed by atoms with Gasteiger partial charge in [-0.15, -0.1) is 0 Å². The van der Waals surface area contributed by atoms with Crippen LogP contribution in [0.5, 0.6) is 0 Å². The molecule has 0 radical (unpaired) electrons. The van der Waals surface area contributed by atoms with Gasteiger partial charge in [0.25, 0.3) is 0 Å². The van der Waals surface area contributed by atoms with Crippen LogP contribution in [0.25, 0.3) is 0 Å². The standard InChI is InChI=1S/C23H24F3N5O2S2/c1-3-35(32,33)19-5-4-12-27-21(19)31-13-10-17-18(11-14-31)29-22(34-2)30-20(17)28-16-8-6-15(7-9-16)23(24,25)26/h4-9,12H,3,10-11,13-14H2,1-2H3,(H,28,29,30). The Morgan fingerprint density at radius 2 is 1.80 bits per heavy atom. The number of sulfone groups is 1. The Bertz CT molecular complexity index is 1320. The van der Waals surface area contributed by atoms with Crippen LogP contribution >= 0.6 is 11.8 Å². The van der Waals surface area contributed by atoms with Gasteiger partial charge in [0.1, 0.15) is 16.5 Å². The molecule has 0 atom stereocenters. The third-order valence-corrected chi connectivity index (χ3v) is 8.04. The van der Waals surface area contributed by atoms with Crippen LogP contribution in [0.2, 0.25) is 0 Å². The Labute approximate surface area is 206 Å². The van der Waals surface area contributed by atoms with E-state index in [2.05, 4.69) is 20.3 Å². The second kappa shape index (κ2) is 10.0. The first kappa shape index (κ1) is 25.2. The summed E-state index contributed by atoms with van der Waals surface area (Å²) in [6, 6.07) is 7.97. The van der Waals surface area contributed by atoms with Crippen molar-refractivity contribution in [2.75, 3.05) is 35.3 Å². The molecule has 3 heterocycles. The molecule has 0 aliphatic carbocycles. The van der Waals surface area contributed by atoms with Crippen molar-refractivity contribution < 1.29 is 21.6 Å². The van der Waals surface area contributed by atoms with Crippen molar-refractivity contribution in [1.82, 2.24) is 15.0 Å². The number of pyridine rings is 1. The van der Waals surface area contributed by atoms with Gasteiger partial charge >= 0.3 is 6.18 Å². The molecule has 1 N–H and O–H groups in total. The van der Waals surface area contributed by atoms with Crippen molar-refractivity contribution in [3.63, 3.8) is 0 Å². The first-order valence-electron chi connectivity index (χ1n) is 10.9. The van der Waals surface area contributed by atoms with Gasteiger partial charge in [0.05, 0.1) is 17.0 Å². The van der Waals surface area contributed by atoms with Crippen molar-refractivity contribution in [1.29, 1.82) is 0 Å². The number of aromatic nitrogens is 3. The van der Waals surface area contributed by atoms with Crippen LogP contribution in [0.1, 0.15) is 23.7 Å². The van der Waals surface area contributed by atoms with Crippen LogP contribution in [0, 0.1) is 0 Å². The highest BCUT2D eigenvalue weighted by molar-refractivity contribution is 7.98. The van der Waals surface area contributed by atoms with E-state index >= 15 is 0 Å². The van der Waals surface area contributed by atoms with E-state index in [1.165, 1.54) is 23.9 Å². The minimum atomic E-state index is -4.41. The molecule has 0 saturated heterocycles. The average molecular weight is 524 g/mol. The molecule has 0 saturated carbocycles. The third kappa shape index (κ3) is 5.53. The van der Waals surface area contributed by atoms with Crippen molar-refractivity contribution in [3.05, 3.63) is 59.4 Å². The summed E-state index contributed by atoms with van der Waals surface area (Å²) in [6.45, 7) is 2.60. The van der Waals surface area contributed by atoms with Crippen LogP contribution < -0.4 is 10.2 Å². The van der Waals surface area contributed by atoms with Crippen molar-refractivity contribution in [3.8, 4) is 0 Å². The normalized spacial score (nSPS) is 14.4. The Morgan fingerprint density at radius 3 is 2.46 bits per heavy atom. The van der Waals surface area contributed by atoms with Gasteiger partial charge in [0.2, 0.25) is 0 Å². The van der Waals surface area contributed by atoms with Gasteiger partial charge in [0, 0.05) is 37.0 Å². The number of rotatable bonds is 6. The molecule has 0 unspecified atom stereocenters. The Morgan fingerprint density at radius 1 is 1.09 bits per heavy atom. The topological polar surface area (TPSA) is 88.1 Å². The SMILES string of the molecule is CCS(=O)(=O)c1cccnc1N1CCc2nc(SC)nc(Nc3ccc(C(F)(F)F)cc3)c2CC1. The van der Waals surface area contributed by atoms with E-state index in [0.717, 1.165) is 23.4 Å². The predicted molar refractivity (Wildman–Crippen MR) is 130 cm³/mol. The number of hydrogen-bond donors (Lipinski definition) is 1. The molecular weight excluding hydrogens is 499 g/mol. The summed E-state index contributed by atoms with van der Waals surface area (Å²) in [5.41, 5.74) is 1.42. The lowest BCUT2D eigenvalue weighted by Gasteiger charge is -2.23. The van der Waals surface area contributed by atoms with E-state index in [4.69, 9.17) is 0 Å². The maximum absolute atomic E-state index is 12.9. The molecule has 0 amide bonds. The highest BCUT2D eigenvalue weighted by Gasteiger charge is 2.30. The zero-order valence-corrected chi connectivity index (χ0v) is 20.8.